The highest BCUT2D eigenvalue weighted by atomic mass is 16.3. The quantitative estimate of drug-likeness (QED) is 0.720. The first-order valence-corrected chi connectivity index (χ1v) is 6.22. The molecule has 0 N–H and O–H groups in total. The second kappa shape index (κ2) is 4.72. The van der Waals surface area contributed by atoms with Gasteiger partial charge in [0.1, 0.15) is 5.76 Å². The van der Waals surface area contributed by atoms with E-state index in [9.17, 15) is 0 Å². The Hall–Kier alpha value is -2.36. The van der Waals surface area contributed by atoms with Crippen molar-refractivity contribution >= 4 is 0 Å². The second-order valence-corrected chi connectivity index (χ2v) is 4.55. The van der Waals surface area contributed by atoms with Crippen LogP contribution in [0.1, 0.15) is 17.0 Å². The lowest BCUT2D eigenvalue weighted by molar-refractivity contribution is 0.537. The summed E-state index contributed by atoms with van der Waals surface area (Å²) in [6.07, 6.45) is 5.52. The SMILES string of the molecule is Cc1cc(-c2nccn2Cc2ccccn2)oc1C. The van der Waals surface area contributed by atoms with Gasteiger partial charge in [0, 0.05) is 18.6 Å². The monoisotopic (exact) mass is 253 g/mol. The highest BCUT2D eigenvalue weighted by Gasteiger charge is 2.12. The van der Waals surface area contributed by atoms with Crippen LogP contribution in [0.25, 0.3) is 11.6 Å². The number of hydrogen-bond acceptors (Lipinski definition) is 3. The minimum atomic E-state index is 0.689. The van der Waals surface area contributed by atoms with E-state index in [0.29, 0.717) is 6.54 Å². The first-order chi connectivity index (χ1) is 9.24. The van der Waals surface area contributed by atoms with Gasteiger partial charge in [0.2, 0.25) is 0 Å². The van der Waals surface area contributed by atoms with Crippen LogP contribution in [0.15, 0.2) is 47.3 Å². The van der Waals surface area contributed by atoms with E-state index < -0.39 is 0 Å². The van der Waals surface area contributed by atoms with E-state index in [1.165, 1.54) is 0 Å². The van der Waals surface area contributed by atoms with Crippen LogP contribution in [0.5, 0.6) is 0 Å². The van der Waals surface area contributed by atoms with Crippen molar-refractivity contribution < 1.29 is 4.42 Å². The van der Waals surface area contributed by atoms with Crippen molar-refractivity contribution in [3.05, 3.63) is 59.9 Å². The molecule has 0 amide bonds. The van der Waals surface area contributed by atoms with Gasteiger partial charge in [-0.25, -0.2) is 4.98 Å². The lowest BCUT2D eigenvalue weighted by Gasteiger charge is -2.05. The van der Waals surface area contributed by atoms with E-state index in [-0.39, 0.29) is 0 Å². The summed E-state index contributed by atoms with van der Waals surface area (Å²) in [6.45, 7) is 4.69. The van der Waals surface area contributed by atoms with Gasteiger partial charge in [-0.05, 0) is 37.6 Å². The number of aromatic nitrogens is 3. The van der Waals surface area contributed by atoms with E-state index in [0.717, 1.165) is 28.6 Å². The molecule has 3 aromatic heterocycles. The molecule has 3 rings (SSSR count). The summed E-state index contributed by atoms with van der Waals surface area (Å²) in [5, 5.41) is 0. The Kier molecular flexibility index (Phi) is 2.91. The van der Waals surface area contributed by atoms with Gasteiger partial charge in [0.15, 0.2) is 11.6 Å². The first-order valence-electron chi connectivity index (χ1n) is 6.22. The van der Waals surface area contributed by atoms with Crippen molar-refractivity contribution in [1.82, 2.24) is 14.5 Å². The number of aryl methyl sites for hydroxylation is 2. The molecular formula is C15H15N3O. The van der Waals surface area contributed by atoms with Gasteiger partial charge in [-0.15, -0.1) is 0 Å². The van der Waals surface area contributed by atoms with Gasteiger partial charge in [-0.2, -0.15) is 0 Å². The van der Waals surface area contributed by atoms with E-state index in [1.807, 2.05) is 48.9 Å². The van der Waals surface area contributed by atoms with Crippen LogP contribution in [-0.4, -0.2) is 14.5 Å². The lowest BCUT2D eigenvalue weighted by atomic mass is 10.3. The van der Waals surface area contributed by atoms with Crippen LogP contribution in [0, 0.1) is 13.8 Å². The summed E-state index contributed by atoms with van der Waals surface area (Å²) in [5.41, 5.74) is 2.14. The normalized spacial score (nSPS) is 10.8. The zero-order chi connectivity index (χ0) is 13.2. The van der Waals surface area contributed by atoms with Crippen LogP contribution >= 0.6 is 0 Å². The number of nitrogens with zero attached hydrogens (tertiary/aromatic N) is 3. The van der Waals surface area contributed by atoms with Crippen molar-refractivity contribution in [2.24, 2.45) is 0 Å². The van der Waals surface area contributed by atoms with Gasteiger partial charge in [-0.3, -0.25) is 4.98 Å². The molecule has 4 nitrogen and oxygen atoms in total. The summed E-state index contributed by atoms with van der Waals surface area (Å²) in [5.74, 6) is 2.57. The fraction of sp³-hybridized carbons (Fsp3) is 0.200. The van der Waals surface area contributed by atoms with E-state index in [1.54, 1.807) is 12.4 Å². The van der Waals surface area contributed by atoms with Gasteiger partial charge >= 0.3 is 0 Å². The second-order valence-electron chi connectivity index (χ2n) is 4.55. The van der Waals surface area contributed by atoms with Crippen LogP contribution < -0.4 is 0 Å². The molecule has 0 radical (unpaired) electrons. The zero-order valence-corrected chi connectivity index (χ0v) is 11.0. The third-order valence-corrected chi connectivity index (χ3v) is 3.16. The number of pyridine rings is 1. The summed E-state index contributed by atoms with van der Waals surface area (Å²) in [7, 11) is 0. The van der Waals surface area contributed by atoms with Crippen LogP contribution in [0.2, 0.25) is 0 Å². The maximum absolute atomic E-state index is 5.73. The highest BCUT2D eigenvalue weighted by Crippen LogP contribution is 2.23. The number of furan rings is 1. The smallest absolute Gasteiger partial charge is 0.176 e. The number of imidazole rings is 1. The molecule has 0 aliphatic carbocycles. The molecule has 4 heteroatoms. The fourth-order valence-electron chi connectivity index (χ4n) is 2.01. The molecule has 0 saturated heterocycles. The molecule has 3 heterocycles. The molecule has 0 aromatic carbocycles. The predicted molar refractivity (Wildman–Crippen MR) is 72.7 cm³/mol. The molecule has 0 spiro atoms. The Balaban J connectivity index is 1.94. The van der Waals surface area contributed by atoms with E-state index in [2.05, 4.69) is 9.97 Å². The Bertz CT molecular complexity index is 663. The van der Waals surface area contributed by atoms with Gasteiger partial charge in [-0.1, -0.05) is 6.07 Å². The first kappa shape index (κ1) is 11.7. The predicted octanol–water partition coefficient (Wildman–Crippen LogP) is 3.20. The topological polar surface area (TPSA) is 43.9 Å². The molecule has 0 atom stereocenters. The minimum absolute atomic E-state index is 0.689. The maximum Gasteiger partial charge on any atom is 0.176 e. The minimum Gasteiger partial charge on any atom is -0.458 e. The molecule has 19 heavy (non-hydrogen) atoms. The largest absolute Gasteiger partial charge is 0.458 e. The summed E-state index contributed by atoms with van der Waals surface area (Å²) < 4.78 is 7.78. The fourth-order valence-corrected chi connectivity index (χ4v) is 2.01. The summed E-state index contributed by atoms with van der Waals surface area (Å²) in [6, 6.07) is 7.92. The summed E-state index contributed by atoms with van der Waals surface area (Å²) in [4.78, 5) is 8.71. The molecule has 0 bridgehead atoms. The molecule has 96 valence electrons. The summed E-state index contributed by atoms with van der Waals surface area (Å²) >= 11 is 0. The average molecular weight is 253 g/mol. The number of rotatable bonds is 3. The third kappa shape index (κ3) is 2.29. The van der Waals surface area contributed by atoms with Crippen molar-refractivity contribution in [2.45, 2.75) is 20.4 Å². The molecule has 0 aliphatic heterocycles. The van der Waals surface area contributed by atoms with Gasteiger partial charge in [0.05, 0.1) is 12.2 Å². The molecule has 0 aliphatic rings. The number of hydrogen-bond donors (Lipinski definition) is 0. The Morgan fingerprint density at radius 1 is 1.16 bits per heavy atom. The third-order valence-electron chi connectivity index (χ3n) is 3.16. The molecule has 0 unspecified atom stereocenters. The van der Waals surface area contributed by atoms with Crippen molar-refractivity contribution in [3.8, 4) is 11.6 Å². The Morgan fingerprint density at radius 2 is 2.05 bits per heavy atom. The lowest BCUT2D eigenvalue weighted by Crippen LogP contribution is -2.02. The Morgan fingerprint density at radius 3 is 2.74 bits per heavy atom. The molecular weight excluding hydrogens is 238 g/mol. The van der Waals surface area contributed by atoms with Gasteiger partial charge in [0.25, 0.3) is 0 Å². The highest BCUT2D eigenvalue weighted by molar-refractivity contribution is 5.50. The molecule has 0 fully saturated rings. The van der Waals surface area contributed by atoms with Gasteiger partial charge < -0.3 is 8.98 Å². The molecule has 0 saturated carbocycles. The van der Waals surface area contributed by atoms with Crippen LogP contribution in [0.4, 0.5) is 0 Å². The standard InChI is InChI=1S/C15H15N3O/c1-11-9-14(19-12(11)2)15-17-7-8-18(15)10-13-5-3-4-6-16-13/h3-9H,10H2,1-2H3. The van der Waals surface area contributed by atoms with Crippen LogP contribution in [-0.2, 0) is 6.54 Å². The average Bonchev–Trinajstić information content (AvgIpc) is 2.99. The van der Waals surface area contributed by atoms with Crippen molar-refractivity contribution in [3.63, 3.8) is 0 Å². The van der Waals surface area contributed by atoms with Crippen LogP contribution in [0.3, 0.4) is 0 Å². The van der Waals surface area contributed by atoms with E-state index in [4.69, 9.17) is 4.42 Å². The Labute approximate surface area is 111 Å². The van der Waals surface area contributed by atoms with Crippen molar-refractivity contribution in [1.29, 1.82) is 0 Å². The van der Waals surface area contributed by atoms with Crippen molar-refractivity contribution in [2.75, 3.05) is 0 Å². The van der Waals surface area contributed by atoms with E-state index >= 15 is 0 Å². The maximum atomic E-state index is 5.73. The zero-order valence-electron chi connectivity index (χ0n) is 11.0. The molecule has 3 aromatic rings.